The third-order valence-electron chi connectivity index (χ3n) is 3.99. The van der Waals surface area contributed by atoms with Gasteiger partial charge in [0.05, 0.1) is 6.54 Å². The molecule has 1 aromatic heterocycles. The summed E-state index contributed by atoms with van der Waals surface area (Å²) in [6.07, 6.45) is 1.70. The molecule has 9 heteroatoms. The quantitative estimate of drug-likeness (QED) is 0.523. The highest BCUT2D eigenvalue weighted by Gasteiger charge is 2.10. The molecule has 29 heavy (non-hydrogen) atoms. The number of allylic oxidation sites excluding steroid dienone is 1. The van der Waals surface area contributed by atoms with E-state index in [0.717, 1.165) is 16.8 Å². The van der Waals surface area contributed by atoms with E-state index in [2.05, 4.69) is 32.7 Å². The number of aromatic nitrogens is 4. The molecule has 0 saturated carbocycles. The lowest BCUT2D eigenvalue weighted by Gasteiger charge is -2.13. The van der Waals surface area contributed by atoms with Gasteiger partial charge >= 0.3 is 0 Å². The third-order valence-corrected chi connectivity index (χ3v) is 4.22. The van der Waals surface area contributed by atoms with E-state index in [0.29, 0.717) is 29.8 Å². The van der Waals surface area contributed by atoms with Crippen molar-refractivity contribution in [2.24, 2.45) is 0 Å². The number of aryl methyl sites for hydroxylation is 1. The van der Waals surface area contributed by atoms with Crippen molar-refractivity contribution in [2.45, 2.75) is 20.0 Å². The monoisotopic (exact) mass is 412 g/mol. The van der Waals surface area contributed by atoms with Gasteiger partial charge in [-0.15, -0.1) is 6.58 Å². The molecule has 3 aromatic rings. The minimum atomic E-state index is -0.252. The van der Waals surface area contributed by atoms with Crippen LogP contribution in [0.1, 0.15) is 11.1 Å². The molecule has 0 fully saturated rings. The molecule has 8 nitrogen and oxygen atoms in total. The average Bonchev–Trinajstić information content (AvgIpc) is 3.15. The van der Waals surface area contributed by atoms with E-state index in [1.54, 1.807) is 29.0 Å². The number of nitrogens with one attached hydrogen (secondary N) is 2. The first-order valence-electron chi connectivity index (χ1n) is 8.94. The first-order chi connectivity index (χ1) is 14.0. The predicted molar refractivity (Wildman–Crippen MR) is 112 cm³/mol. The minimum absolute atomic E-state index is 0.128. The highest BCUT2D eigenvalue weighted by Crippen LogP contribution is 2.24. The first-order valence-corrected chi connectivity index (χ1v) is 9.31. The summed E-state index contributed by atoms with van der Waals surface area (Å²) in [6.45, 7) is 6.38. The van der Waals surface area contributed by atoms with Crippen LogP contribution in [0, 0.1) is 6.92 Å². The maximum atomic E-state index is 12.2. The number of carbonyl (C=O) groups is 1. The van der Waals surface area contributed by atoms with Crippen molar-refractivity contribution in [1.29, 1.82) is 0 Å². The summed E-state index contributed by atoms with van der Waals surface area (Å²) in [5, 5.41) is 17.9. The molecular weight excluding hydrogens is 392 g/mol. The van der Waals surface area contributed by atoms with Crippen LogP contribution in [0.3, 0.4) is 0 Å². The van der Waals surface area contributed by atoms with Crippen molar-refractivity contribution in [3.63, 3.8) is 0 Å². The maximum absolute atomic E-state index is 12.2. The molecule has 2 aromatic carbocycles. The van der Waals surface area contributed by atoms with Crippen molar-refractivity contribution in [3.8, 4) is 5.75 Å². The SMILES string of the molecule is C=CCn1nnnc1NCc1cc(Cl)ccc1OCC(=O)Nc1ccc(C)cc1. The third kappa shape index (κ3) is 5.79. The van der Waals surface area contributed by atoms with Gasteiger partial charge in [-0.05, 0) is 47.7 Å². The van der Waals surface area contributed by atoms with Crippen LogP contribution in [-0.2, 0) is 17.9 Å². The Morgan fingerprint density at radius 3 is 2.83 bits per heavy atom. The molecule has 1 amide bonds. The van der Waals surface area contributed by atoms with Crippen LogP contribution in [0.4, 0.5) is 11.6 Å². The van der Waals surface area contributed by atoms with Gasteiger partial charge in [0.1, 0.15) is 5.75 Å². The van der Waals surface area contributed by atoms with Crippen LogP contribution in [0.25, 0.3) is 0 Å². The second-order valence-electron chi connectivity index (χ2n) is 6.28. The normalized spacial score (nSPS) is 10.4. The van der Waals surface area contributed by atoms with Crippen LogP contribution >= 0.6 is 11.6 Å². The standard InChI is InChI=1S/C20H21ClN6O2/c1-3-10-27-20(24-25-26-27)22-12-15-11-16(21)6-9-18(15)29-13-19(28)23-17-7-4-14(2)5-8-17/h3-9,11H,1,10,12-13H2,2H3,(H,23,28)(H,22,24,26). The van der Waals surface area contributed by atoms with E-state index >= 15 is 0 Å². The first kappa shape index (κ1) is 20.3. The molecule has 0 atom stereocenters. The van der Waals surface area contributed by atoms with E-state index in [9.17, 15) is 4.79 Å². The van der Waals surface area contributed by atoms with E-state index in [4.69, 9.17) is 16.3 Å². The zero-order chi connectivity index (χ0) is 20.6. The summed E-state index contributed by atoms with van der Waals surface area (Å²) in [5.41, 5.74) is 2.61. The molecule has 0 radical (unpaired) electrons. The summed E-state index contributed by atoms with van der Waals surface area (Å²) < 4.78 is 7.29. The number of hydrogen-bond donors (Lipinski definition) is 2. The van der Waals surface area contributed by atoms with Crippen molar-refractivity contribution in [1.82, 2.24) is 20.2 Å². The van der Waals surface area contributed by atoms with Crippen LogP contribution in [0.2, 0.25) is 5.02 Å². The van der Waals surface area contributed by atoms with E-state index in [-0.39, 0.29) is 12.5 Å². The molecule has 150 valence electrons. The zero-order valence-corrected chi connectivity index (χ0v) is 16.7. The number of rotatable bonds is 9. The van der Waals surface area contributed by atoms with E-state index in [1.807, 2.05) is 31.2 Å². The second-order valence-corrected chi connectivity index (χ2v) is 6.72. The lowest BCUT2D eigenvalue weighted by atomic mass is 10.2. The fourth-order valence-electron chi connectivity index (χ4n) is 2.56. The topological polar surface area (TPSA) is 94.0 Å². The Morgan fingerprint density at radius 2 is 2.07 bits per heavy atom. The number of tetrazole rings is 1. The molecule has 0 aliphatic carbocycles. The Balaban J connectivity index is 1.62. The van der Waals surface area contributed by atoms with Gasteiger partial charge in [-0.1, -0.05) is 40.5 Å². The Kier molecular flexibility index (Phi) is 6.80. The largest absolute Gasteiger partial charge is 0.483 e. The summed E-state index contributed by atoms with van der Waals surface area (Å²) in [5.74, 6) is 0.786. The Labute approximate surface area is 173 Å². The number of halogens is 1. The molecule has 0 bridgehead atoms. The van der Waals surface area contributed by atoms with E-state index in [1.165, 1.54) is 0 Å². The lowest BCUT2D eigenvalue weighted by molar-refractivity contribution is -0.118. The van der Waals surface area contributed by atoms with Gasteiger partial charge in [0.25, 0.3) is 5.91 Å². The number of anilines is 2. The van der Waals surface area contributed by atoms with Crippen LogP contribution in [0.15, 0.2) is 55.1 Å². The number of benzene rings is 2. The van der Waals surface area contributed by atoms with Gasteiger partial charge in [-0.25, -0.2) is 4.68 Å². The molecule has 3 rings (SSSR count). The molecule has 0 aliphatic heterocycles. The van der Waals surface area contributed by atoms with E-state index < -0.39 is 0 Å². The highest BCUT2D eigenvalue weighted by molar-refractivity contribution is 6.30. The number of carbonyl (C=O) groups excluding carboxylic acids is 1. The zero-order valence-electron chi connectivity index (χ0n) is 15.9. The fourth-order valence-corrected chi connectivity index (χ4v) is 2.75. The van der Waals surface area contributed by atoms with Crippen molar-refractivity contribution < 1.29 is 9.53 Å². The van der Waals surface area contributed by atoms with Gasteiger partial charge < -0.3 is 15.4 Å². The van der Waals surface area contributed by atoms with Gasteiger partial charge in [-0.3, -0.25) is 4.79 Å². The average molecular weight is 413 g/mol. The Hall–Kier alpha value is -3.39. The number of nitrogens with zero attached hydrogens (tertiary/aromatic N) is 4. The molecule has 0 saturated heterocycles. The highest BCUT2D eigenvalue weighted by atomic mass is 35.5. The molecule has 2 N–H and O–H groups in total. The molecule has 0 unspecified atom stereocenters. The summed E-state index contributed by atoms with van der Waals surface area (Å²) >= 11 is 6.12. The lowest BCUT2D eigenvalue weighted by Crippen LogP contribution is -2.20. The fraction of sp³-hybridized carbons (Fsp3) is 0.200. The Morgan fingerprint density at radius 1 is 1.28 bits per heavy atom. The molecule has 1 heterocycles. The van der Waals surface area contributed by atoms with Gasteiger partial charge in [-0.2, -0.15) is 0 Å². The molecular formula is C20H21ClN6O2. The number of hydrogen-bond acceptors (Lipinski definition) is 6. The minimum Gasteiger partial charge on any atom is -0.483 e. The van der Waals surface area contributed by atoms with Gasteiger partial charge in [0.15, 0.2) is 6.61 Å². The summed E-state index contributed by atoms with van der Waals surface area (Å²) in [6, 6.07) is 12.8. The van der Waals surface area contributed by atoms with Crippen LogP contribution < -0.4 is 15.4 Å². The summed E-state index contributed by atoms with van der Waals surface area (Å²) in [4.78, 5) is 12.2. The molecule has 0 aliphatic rings. The van der Waals surface area contributed by atoms with Gasteiger partial charge in [0.2, 0.25) is 5.95 Å². The van der Waals surface area contributed by atoms with Crippen LogP contribution in [-0.4, -0.2) is 32.7 Å². The molecule has 0 spiro atoms. The van der Waals surface area contributed by atoms with Gasteiger partial charge in [0, 0.05) is 22.8 Å². The Bertz CT molecular complexity index is 987. The van der Waals surface area contributed by atoms with Crippen molar-refractivity contribution in [2.75, 3.05) is 17.2 Å². The number of amides is 1. The van der Waals surface area contributed by atoms with Crippen molar-refractivity contribution >= 4 is 29.1 Å². The summed E-state index contributed by atoms with van der Waals surface area (Å²) in [7, 11) is 0. The smallest absolute Gasteiger partial charge is 0.262 e. The number of ether oxygens (including phenoxy) is 1. The van der Waals surface area contributed by atoms with Crippen molar-refractivity contribution in [3.05, 3.63) is 71.3 Å². The van der Waals surface area contributed by atoms with Crippen LogP contribution in [0.5, 0.6) is 5.75 Å². The second kappa shape index (κ2) is 9.70. The predicted octanol–water partition coefficient (Wildman–Crippen LogP) is 3.45. The maximum Gasteiger partial charge on any atom is 0.262 e.